The topological polar surface area (TPSA) is 85.2 Å². The Morgan fingerprint density at radius 1 is 1.31 bits per heavy atom. The van der Waals surface area contributed by atoms with Gasteiger partial charge in [-0.15, -0.1) is 12.4 Å². The van der Waals surface area contributed by atoms with Crippen LogP contribution in [-0.4, -0.2) is 40.1 Å². The van der Waals surface area contributed by atoms with E-state index < -0.39 is 0 Å². The molecule has 1 fully saturated rings. The van der Waals surface area contributed by atoms with E-state index >= 15 is 0 Å². The van der Waals surface area contributed by atoms with Gasteiger partial charge in [0.1, 0.15) is 5.82 Å². The Hall–Kier alpha value is -1.99. The summed E-state index contributed by atoms with van der Waals surface area (Å²) >= 11 is 0. The highest BCUT2D eigenvalue weighted by atomic mass is 35.5. The molecule has 0 saturated carbocycles. The molecule has 6 nitrogen and oxygen atoms in total. The summed E-state index contributed by atoms with van der Waals surface area (Å²) in [5.74, 6) is 0.759. The number of carbonyl (C=O) groups excluding carboxylic acids is 1. The monoisotopic (exact) mass is 382 g/mol. The number of piperidine rings is 1. The molecular weight excluding hydrogens is 359 g/mol. The van der Waals surface area contributed by atoms with Gasteiger partial charge in [0.15, 0.2) is 0 Å². The Kier molecular flexibility index (Phi) is 7.53. The number of aryl methyl sites for hydroxylation is 1. The number of hydrogen-bond acceptors (Lipinski definition) is 5. The van der Waals surface area contributed by atoms with Crippen LogP contribution in [0.15, 0.2) is 28.8 Å². The molecule has 2 N–H and O–H groups in total. The molecule has 0 aliphatic carbocycles. The average molecular weight is 383 g/mol. The second kappa shape index (κ2) is 9.64. The van der Waals surface area contributed by atoms with E-state index in [0.717, 1.165) is 25.8 Å². The molecule has 1 aliphatic heterocycles. The smallest absolute Gasteiger partial charge is 0.226 e. The Morgan fingerprint density at radius 2 is 2.08 bits per heavy atom. The highest BCUT2D eigenvalue weighted by Gasteiger charge is 2.25. The lowest BCUT2D eigenvalue weighted by Gasteiger charge is -2.35. The van der Waals surface area contributed by atoms with Crippen LogP contribution in [0, 0.1) is 5.82 Å². The van der Waals surface area contributed by atoms with E-state index in [2.05, 4.69) is 10.1 Å². The number of nitrogens with two attached hydrogens (primary N) is 1. The summed E-state index contributed by atoms with van der Waals surface area (Å²) in [7, 11) is 0. The largest absolute Gasteiger partial charge is 0.339 e. The zero-order chi connectivity index (χ0) is 17.6. The molecule has 1 aromatic carbocycles. The molecule has 142 valence electrons. The normalized spacial score (nSPS) is 17.0. The van der Waals surface area contributed by atoms with Gasteiger partial charge in [-0.25, -0.2) is 4.39 Å². The Morgan fingerprint density at radius 3 is 2.81 bits per heavy atom. The van der Waals surface area contributed by atoms with Crippen LogP contribution in [0.4, 0.5) is 4.39 Å². The Balaban J connectivity index is 0.00000243. The SMILES string of the molecule is Cl.NCC1CCCCN1C(=O)CCCc1nc(-c2ccc(F)cc2)no1. The van der Waals surface area contributed by atoms with Gasteiger partial charge < -0.3 is 15.2 Å². The van der Waals surface area contributed by atoms with Crippen molar-refractivity contribution in [3.63, 3.8) is 0 Å². The number of rotatable bonds is 6. The summed E-state index contributed by atoms with van der Waals surface area (Å²) in [5, 5.41) is 3.91. The fraction of sp³-hybridized carbons (Fsp3) is 0.500. The van der Waals surface area contributed by atoms with Gasteiger partial charge in [0, 0.05) is 37.5 Å². The van der Waals surface area contributed by atoms with E-state index in [1.165, 1.54) is 12.1 Å². The molecule has 1 aliphatic rings. The van der Waals surface area contributed by atoms with Crippen LogP contribution in [0.5, 0.6) is 0 Å². The zero-order valence-corrected chi connectivity index (χ0v) is 15.4. The number of nitrogens with zero attached hydrogens (tertiary/aromatic N) is 3. The van der Waals surface area contributed by atoms with Gasteiger partial charge in [-0.1, -0.05) is 5.16 Å². The Labute approximate surface area is 158 Å². The first kappa shape index (κ1) is 20.3. The van der Waals surface area contributed by atoms with Crippen LogP contribution >= 0.6 is 12.4 Å². The summed E-state index contributed by atoms with van der Waals surface area (Å²) in [5.41, 5.74) is 6.47. The van der Waals surface area contributed by atoms with Gasteiger partial charge >= 0.3 is 0 Å². The third kappa shape index (κ3) is 5.02. The molecular formula is C18H24ClFN4O2. The Bertz CT molecular complexity index is 707. The van der Waals surface area contributed by atoms with E-state index in [-0.39, 0.29) is 30.2 Å². The summed E-state index contributed by atoms with van der Waals surface area (Å²) in [6, 6.07) is 6.11. The first-order valence-electron chi connectivity index (χ1n) is 8.75. The predicted molar refractivity (Wildman–Crippen MR) is 98.3 cm³/mol. The minimum Gasteiger partial charge on any atom is -0.339 e. The van der Waals surface area contributed by atoms with Crippen molar-refractivity contribution in [3.8, 4) is 11.4 Å². The predicted octanol–water partition coefficient (Wildman–Crippen LogP) is 2.96. The number of benzene rings is 1. The average Bonchev–Trinajstić information content (AvgIpc) is 3.11. The molecule has 26 heavy (non-hydrogen) atoms. The van der Waals surface area contributed by atoms with Crippen LogP contribution < -0.4 is 5.73 Å². The highest BCUT2D eigenvalue weighted by Crippen LogP contribution is 2.19. The molecule has 1 saturated heterocycles. The van der Waals surface area contributed by atoms with E-state index in [4.69, 9.17) is 10.3 Å². The van der Waals surface area contributed by atoms with E-state index in [9.17, 15) is 9.18 Å². The molecule has 8 heteroatoms. The lowest BCUT2D eigenvalue weighted by molar-refractivity contribution is -0.134. The van der Waals surface area contributed by atoms with Crippen LogP contribution in [-0.2, 0) is 11.2 Å². The second-order valence-corrected chi connectivity index (χ2v) is 6.34. The van der Waals surface area contributed by atoms with Gasteiger partial charge in [-0.2, -0.15) is 4.98 Å². The third-order valence-electron chi connectivity index (χ3n) is 4.57. The summed E-state index contributed by atoms with van der Waals surface area (Å²) in [4.78, 5) is 18.6. The standard InChI is InChI=1S/C18H23FN4O2.ClH/c19-14-9-7-13(8-10-14)18-21-16(25-22-18)5-3-6-17(24)23-11-2-1-4-15(23)12-20;/h7-10,15H,1-6,11-12,20H2;1H. The fourth-order valence-electron chi connectivity index (χ4n) is 3.18. The quantitative estimate of drug-likeness (QED) is 0.830. The lowest BCUT2D eigenvalue weighted by Crippen LogP contribution is -2.47. The van der Waals surface area contributed by atoms with E-state index in [1.54, 1.807) is 12.1 Å². The van der Waals surface area contributed by atoms with Crippen molar-refractivity contribution < 1.29 is 13.7 Å². The first-order chi connectivity index (χ1) is 12.2. The molecule has 2 heterocycles. The maximum atomic E-state index is 12.9. The van der Waals surface area contributed by atoms with Crippen molar-refractivity contribution >= 4 is 18.3 Å². The van der Waals surface area contributed by atoms with E-state index in [0.29, 0.717) is 43.1 Å². The van der Waals surface area contributed by atoms with Crippen molar-refractivity contribution in [2.75, 3.05) is 13.1 Å². The minimum absolute atomic E-state index is 0. The molecule has 1 atom stereocenters. The number of carbonyl (C=O) groups is 1. The van der Waals surface area contributed by atoms with Crippen molar-refractivity contribution in [2.45, 2.75) is 44.6 Å². The van der Waals surface area contributed by atoms with Crippen LogP contribution in [0.25, 0.3) is 11.4 Å². The van der Waals surface area contributed by atoms with Crippen LogP contribution in [0.2, 0.25) is 0 Å². The lowest BCUT2D eigenvalue weighted by atomic mass is 10.0. The van der Waals surface area contributed by atoms with Crippen molar-refractivity contribution in [3.05, 3.63) is 36.0 Å². The maximum absolute atomic E-state index is 12.9. The van der Waals surface area contributed by atoms with E-state index in [1.807, 2.05) is 4.90 Å². The molecule has 0 bridgehead atoms. The molecule has 0 radical (unpaired) electrons. The minimum atomic E-state index is -0.306. The van der Waals surface area contributed by atoms with Crippen LogP contribution in [0.3, 0.4) is 0 Å². The van der Waals surface area contributed by atoms with Gasteiger partial charge in [0.25, 0.3) is 0 Å². The maximum Gasteiger partial charge on any atom is 0.226 e. The molecule has 1 aromatic heterocycles. The molecule has 1 amide bonds. The number of likely N-dealkylation sites (tertiary alicyclic amines) is 1. The van der Waals surface area contributed by atoms with Crippen molar-refractivity contribution in [2.24, 2.45) is 5.73 Å². The fourth-order valence-corrected chi connectivity index (χ4v) is 3.18. The summed E-state index contributed by atoms with van der Waals surface area (Å²) < 4.78 is 18.2. The van der Waals surface area contributed by atoms with Crippen LogP contribution in [0.1, 0.15) is 38.0 Å². The highest BCUT2D eigenvalue weighted by molar-refractivity contribution is 5.85. The zero-order valence-electron chi connectivity index (χ0n) is 14.6. The number of amides is 1. The van der Waals surface area contributed by atoms with Crippen molar-refractivity contribution in [1.29, 1.82) is 0 Å². The van der Waals surface area contributed by atoms with Gasteiger partial charge in [-0.05, 0) is 49.9 Å². The molecule has 3 rings (SSSR count). The van der Waals surface area contributed by atoms with Gasteiger partial charge in [0.2, 0.25) is 17.6 Å². The van der Waals surface area contributed by atoms with Gasteiger partial charge in [-0.3, -0.25) is 4.79 Å². The second-order valence-electron chi connectivity index (χ2n) is 6.34. The molecule has 2 aromatic rings. The molecule has 0 spiro atoms. The summed E-state index contributed by atoms with van der Waals surface area (Å²) in [6.45, 7) is 1.33. The number of halogens is 2. The molecule has 1 unspecified atom stereocenters. The number of hydrogen-bond donors (Lipinski definition) is 1. The number of aromatic nitrogens is 2. The summed E-state index contributed by atoms with van der Waals surface area (Å²) in [6.07, 6.45) is 4.82. The van der Waals surface area contributed by atoms with Crippen molar-refractivity contribution in [1.82, 2.24) is 15.0 Å². The first-order valence-corrected chi connectivity index (χ1v) is 8.75. The van der Waals surface area contributed by atoms with Gasteiger partial charge in [0.05, 0.1) is 0 Å². The third-order valence-corrected chi connectivity index (χ3v) is 4.57.